The normalized spacial score (nSPS) is 13.9. The fourth-order valence-corrected chi connectivity index (χ4v) is 1.29. The highest BCUT2D eigenvalue weighted by atomic mass is 19.4. The highest BCUT2D eigenvalue weighted by Crippen LogP contribution is 2.34. The summed E-state index contributed by atoms with van der Waals surface area (Å²) in [5.74, 6) is -0.727. The van der Waals surface area contributed by atoms with E-state index in [4.69, 9.17) is 10.8 Å². The summed E-state index contributed by atoms with van der Waals surface area (Å²) in [4.78, 5) is 3.61. The first kappa shape index (κ1) is 11.9. The van der Waals surface area contributed by atoms with Crippen molar-refractivity contribution in [2.45, 2.75) is 12.1 Å². The molecule has 15 heavy (non-hydrogen) atoms. The van der Waals surface area contributed by atoms with Gasteiger partial charge < -0.3 is 10.8 Å². The maximum Gasteiger partial charge on any atom is 0.416 e. The molecular formula is C9H11F3N2O. The summed E-state index contributed by atoms with van der Waals surface area (Å²) in [6, 6.07) is 0.883. The first-order chi connectivity index (χ1) is 7.00. The van der Waals surface area contributed by atoms with E-state index in [2.05, 4.69) is 4.98 Å². The molecule has 0 bridgehead atoms. The van der Waals surface area contributed by atoms with Gasteiger partial charge in [-0.05, 0) is 11.6 Å². The average Bonchev–Trinajstić information content (AvgIpc) is 2.19. The van der Waals surface area contributed by atoms with E-state index in [0.717, 1.165) is 18.5 Å². The number of alkyl halides is 3. The van der Waals surface area contributed by atoms with E-state index in [1.165, 1.54) is 0 Å². The van der Waals surface area contributed by atoms with Crippen LogP contribution in [0.1, 0.15) is 17.0 Å². The molecule has 0 saturated heterocycles. The molecule has 0 spiro atoms. The van der Waals surface area contributed by atoms with Crippen LogP contribution >= 0.6 is 0 Å². The molecule has 1 rings (SSSR count). The fraction of sp³-hybridized carbons (Fsp3) is 0.444. The van der Waals surface area contributed by atoms with E-state index in [-0.39, 0.29) is 12.1 Å². The molecule has 0 aromatic carbocycles. The Hall–Kier alpha value is -1.14. The third kappa shape index (κ3) is 2.66. The van der Waals surface area contributed by atoms with Crippen LogP contribution in [0.2, 0.25) is 0 Å². The molecular weight excluding hydrogens is 209 g/mol. The van der Waals surface area contributed by atoms with Crippen molar-refractivity contribution in [3.05, 3.63) is 29.6 Å². The van der Waals surface area contributed by atoms with Crippen molar-refractivity contribution >= 4 is 0 Å². The van der Waals surface area contributed by atoms with Crippen molar-refractivity contribution in [1.82, 2.24) is 4.98 Å². The summed E-state index contributed by atoms with van der Waals surface area (Å²) >= 11 is 0. The molecule has 1 aromatic heterocycles. The lowest BCUT2D eigenvalue weighted by Crippen LogP contribution is -2.20. The molecule has 0 aliphatic heterocycles. The van der Waals surface area contributed by atoms with Crippen molar-refractivity contribution < 1.29 is 18.3 Å². The molecule has 1 atom stereocenters. The monoisotopic (exact) mass is 220 g/mol. The summed E-state index contributed by atoms with van der Waals surface area (Å²) in [6.45, 7) is -0.476. The fourth-order valence-electron chi connectivity index (χ4n) is 1.29. The number of aliphatic hydroxyl groups is 1. The third-order valence-electron chi connectivity index (χ3n) is 2.10. The van der Waals surface area contributed by atoms with Crippen LogP contribution in [0.3, 0.4) is 0 Å². The SMILES string of the molecule is NCC(CO)c1cnccc1C(F)(F)F. The maximum atomic E-state index is 12.5. The highest BCUT2D eigenvalue weighted by Gasteiger charge is 2.34. The zero-order valence-electron chi connectivity index (χ0n) is 7.83. The van der Waals surface area contributed by atoms with Crippen LogP contribution < -0.4 is 5.73 Å². The zero-order chi connectivity index (χ0) is 11.5. The molecule has 0 saturated carbocycles. The van der Waals surface area contributed by atoms with Crippen LogP contribution in [0.5, 0.6) is 0 Å². The Labute approximate surface area is 84.7 Å². The number of hydrogen-bond acceptors (Lipinski definition) is 3. The standard InChI is InChI=1S/C9H11F3N2O/c10-9(11,12)8-1-2-14-4-7(8)6(3-13)5-15/h1-2,4,6,15H,3,5,13H2. The number of nitrogens with zero attached hydrogens (tertiary/aromatic N) is 1. The Morgan fingerprint density at radius 3 is 2.60 bits per heavy atom. The number of aliphatic hydroxyl groups excluding tert-OH is 1. The summed E-state index contributed by atoms with van der Waals surface area (Å²) < 4.78 is 37.6. The van der Waals surface area contributed by atoms with Crippen LogP contribution in [-0.4, -0.2) is 23.2 Å². The van der Waals surface area contributed by atoms with Crippen LogP contribution in [0.25, 0.3) is 0 Å². The molecule has 84 valence electrons. The summed E-state index contributed by atoms with van der Waals surface area (Å²) in [7, 11) is 0. The minimum absolute atomic E-state index is 0.0503. The Kier molecular flexibility index (Phi) is 3.65. The molecule has 3 nitrogen and oxygen atoms in total. The van der Waals surface area contributed by atoms with Gasteiger partial charge in [-0.25, -0.2) is 0 Å². The van der Waals surface area contributed by atoms with Gasteiger partial charge in [-0.15, -0.1) is 0 Å². The third-order valence-corrected chi connectivity index (χ3v) is 2.10. The highest BCUT2D eigenvalue weighted by molar-refractivity contribution is 5.30. The van der Waals surface area contributed by atoms with Crippen molar-refractivity contribution in [3.8, 4) is 0 Å². The number of halogens is 3. The topological polar surface area (TPSA) is 59.1 Å². The van der Waals surface area contributed by atoms with Gasteiger partial charge in [0.05, 0.1) is 12.2 Å². The van der Waals surface area contributed by atoms with E-state index in [0.29, 0.717) is 0 Å². The molecule has 0 aliphatic carbocycles. The largest absolute Gasteiger partial charge is 0.416 e. The number of aromatic nitrogens is 1. The van der Waals surface area contributed by atoms with Gasteiger partial charge in [0.2, 0.25) is 0 Å². The summed E-state index contributed by atoms with van der Waals surface area (Å²) in [6.07, 6.45) is -2.28. The maximum absolute atomic E-state index is 12.5. The van der Waals surface area contributed by atoms with Gasteiger partial charge in [-0.1, -0.05) is 0 Å². The Morgan fingerprint density at radius 2 is 2.13 bits per heavy atom. The van der Waals surface area contributed by atoms with Crippen molar-refractivity contribution in [1.29, 1.82) is 0 Å². The summed E-state index contributed by atoms with van der Waals surface area (Å²) in [5, 5.41) is 8.89. The predicted octanol–water partition coefficient (Wildman–Crippen LogP) is 1.13. The van der Waals surface area contributed by atoms with E-state index in [1.54, 1.807) is 0 Å². The molecule has 0 amide bonds. The van der Waals surface area contributed by atoms with Crippen molar-refractivity contribution in [2.24, 2.45) is 5.73 Å². The Balaban J connectivity index is 3.17. The van der Waals surface area contributed by atoms with Crippen LogP contribution in [0.4, 0.5) is 13.2 Å². The number of hydrogen-bond donors (Lipinski definition) is 2. The van der Waals surface area contributed by atoms with Crippen molar-refractivity contribution in [3.63, 3.8) is 0 Å². The van der Waals surface area contributed by atoms with E-state index in [1.807, 2.05) is 0 Å². The lowest BCUT2D eigenvalue weighted by Gasteiger charge is -2.17. The number of rotatable bonds is 3. The second-order valence-electron chi connectivity index (χ2n) is 3.08. The van der Waals surface area contributed by atoms with Crippen molar-refractivity contribution in [2.75, 3.05) is 13.2 Å². The first-order valence-electron chi connectivity index (χ1n) is 4.32. The van der Waals surface area contributed by atoms with E-state index in [9.17, 15) is 13.2 Å². The Bertz CT molecular complexity index is 323. The van der Waals surface area contributed by atoms with Gasteiger partial charge in [-0.3, -0.25) is 4.98 Å². The van der Waals surface area contributed by atoms with Gasteiger partial charge >= 0.3 is 6.18 Å². The van der Waals surface area contributed by atoms with E-state index < -0.39 is 24.3 Å². The Morgan fingerprint density at radius 1 is 1.47 bits per heavy atom. The molecule has 1 unspecified atom stereocenters. The molecule has 0 aliphatic rings. The molecule has 1 aromatic rings. The molecule has 6 heteroatoms. The molecule has 0 fully saturated rings. The van der Waals surface area contributed by atoms with Gasteiger partial charge in [0.25, 0.3) is 0 Å². The smallest absolute Gasteiger partial charge is 0.396 e. The summed E-state index contributed by atoms with van der Waals surface area (Å²) in [5.41, 5.74) is 4.42. The van der Waals surface area contributed by atoms with Gasteiger partial charge in [0.1, 0.15) is 0 Å². The van der Waals surface area contributed by atoms with Gasteiger partial charge in [-0.2, -0.15) is 13.2 Å². The zero-order valence-corrected chi connectivity index (χ0v) is 7.83. The predicted molar refractivity (Wildman–Crippen MR) is 48.1 cm³/mol. The second kappa shape index (κ2) is 4.59. The average molecular weight is 220 g/mol. The minimum Gasteiger partial charge on any atom is -0.396 e. The number of pyridine rings is 1. The van der Waals surface area contributed by atoms with Crippen LogP contribution in [0, 0.1) is 0 Å². The molecule has 0 radical (unpaired) electrons. The van der Waals surface area contributed by atoms with Gasteiger partial charge in [0, 0.05) is 24.9 Å². The quantitative estimate of drug-likeness (QED) is 0.802. The van der Waals surface area contributed by atoms with Crippen LogP contribution in [0.15, 0.2) is 18.5 Å². The van der Waals surface area contributed by atoms with Gasteiger partial charge in [0.15, 0.2) is 0 Å². The number of nitrogens with two attached hydrogens (primary N) is 1. The lowest BCUT2D eigenvalue weighted by molar-refractivity contribution is -0.138. The lowest BCUT2D eigenvalue weighted by atomic mass is 9.97. The van der Waals surface area contributed by atoms with Crippen LogP contribution in [-0.2, 0) is 6.18 Å². The minimum atomic E-state index is -4.44. The second-order valence-corrected chi connectivity index (χ2v) is 3.08. The molecule has 3 N–H and O–H groups in total. The first-order valence-corrected chi connectivity index (χ1v) is 4.32. The van der Waals surface area contributed by atoms with E-state index >= 15 is 0 Å². The molecule has 1 heterocycles.